The Balaban J connectivity index is 1.97. The standard InChI is InChI=1S/C8H10N4O4/c1-15-7(13)6-4-12(11-10-6)3-5-2-9-8(14)16-5/h4-5H,2-3H2,1H3,(H,9,14). The van der Waals surface area contributed by atoms with Crippen LogP contribution in [0.3, 0.4) is 0 Å². The summed E-state index contributed by atoms with van der Waals surface area (Å²) in [5, 5.41) is 9.86. The number of methoxy groups -OCH3 is 1. The summed E-state index contributed by atoms with van der Waals surface area (Å²) in [6.07, 6.45) is 0.704. The highest BCUT2D eigenvalue weighted by molar-refractivity contribution is 5.86. The fraction of sp³-hybridized carbons (Fsp3) is 0.500. The van der Waals surface area contributed by atoms with Gasteiger partial charge in [0, 0.05) is 0 Å². The topological polar surface area (TPSA) is 95.3 Å². The first-order valence-electron chi connectivity index (χ1n) is 4.62. The van der Waals surface area contributed by atoms with Crippen molar-refractivity contribution in [2.75, 3.05) is 13.7 Å². The third kappa shape index (κ3) is 2.10. The van der Waals surface area contributed by atoms with E-state index in [-0.39, 0.29) is 11.8 Å². The second-order valence-corrected chi connectivity index (χ2v) is 3.23. The van der Waals surface area contributed by atoms with E-state index < -0.39 is 12.1 Å². The summed E-state index contributed by atoms with van der Waals surface area (Å²) in [5.74, 6) is -0.548. The van der Waals surface area contributed by atoms with Gasteiger partial charge >= 0.3 is 12.1 Å². The molecule has 1 unspecified atom stereocenters. The number of hydrogen-bond acceptors (Lipinski definition) is 6. The molecule has 0 saturated carbocycles. The number of amides is 1. The maximum atomic E-state index is 11.1. The van der Waals surface area contributed by atoms with Crippen LogP contribution in [0.15, 0.2) is 6.20 Å². The first kappa shape index (κ1) is 10.4. The van der Waals surface area contributed by atoms with Crippen molar-refractivity contribution in [3.05, 3.63) is 11.9 Å². The minimum atomic E-state index is -0.548. The molecule has 2 heterocycles. The van der Waals surface area contributed by atoms with Crippen LogP contribution in [0, 0.1) is 0 Å². The Labute approximate surface area is 90.5 Å². The van der Waals surface area contributed by atoms with Crippen LogP contribution in [0.4, 0.5) is 4.79 Å². The Bertz CT molecular complexity index is 416. The molecule has 0 bridgehead atoms. The minimum absolute atomic E-state index is 0.125. The number of hydrogen-bond donors (Lipinski definition) is 1. The zero-order valence-corrected chi connectivity index (χ0v) is 8.54. The van der Waals surface area contributed by atoms with E-state index in [0.29, 0.717) is 13.1 Å². The SMILES string of the molecule is COC(=O)c1cn(CC2CNC(=O)O2)nn1. The van der Waals surface area contributed by atoms with E-state index in [2.05, 4.69) is 20.4 Å². The van der Waals surface area contributed by atoms with Crippen LogP contribution in [0.25, 0.3) is 0 Å². The largest absolute Gasteiger partial charge is 0.464 e. The normalized spacial score (nSPS) is 19.1. The van der Waals surface area contributed by atoms with Gasteiger partial charge in [-0.3, -0.25) is 0 Å². The maximum absolute atomic E-state index is 11.1. The van der Waals surface area contributed by atoms with Gasteiger partial charge in [0.25, 0.3) is 0 Å². The average Bonchev–Trinajstić information content (AvgIpc) is 2.87. The van der Waals surface area contributed by atoms with E-state index >= 15 is 0 Å². The van der Waals surface area contributed by atoms with Crippen LogP contribution in [-0.2, 0) is 16.0 Å². The first-order chi connectivity index (χ1) is 7.69. The lowest BCUT2D eigenvalue weighted by atomic mass is 10.3. The summed E-state index contributed by atoms with van der Waals surface area (Å²) >= 11 is 0. The highest BCUT2D eigenvalue weighted by atomic mass is 16.6. The Hall–Kier alpha value is -2.12. The molecule has 1 N–H and O–H groups in total. The van der Waals surface area contributed by atoms with Crippen LogP contribution in [0.2, 0.25) is 0 Å². The summed E-state index contributed by atoms with van der Waals surface area (Å²) in [6.45, 7) is 0.773. The highest BCUT2D eigenvalue weighted by Gasteiger charge is 2.23. The van der Waals surface area contributed by atoms with E-state index in [9.17, 15) is 9.59 Å². The van der Waals surface area contributed by atoms with Gasteiger partial charge in [-0.1, -0.05) is 5.21 Å². The van der Waals surface area contributed by atoms with Crippen molar-refractivity contribution < 1.29 is 19.1 Å². The highest BCUT2D eigenvalue weighted by Crippen LogP contribution is 2.03. The molecule has 2 rings (SSSR count). The molecule has 1 atom stereocenters. The van der Waals surface area contributed by atoms with Crippen LogP contribution < -0.4 is 5.32 Å². The molecule has 0 aromatic carbocycles. The maximum Gasteiger partial charge on any atom is 0.407 e. The van der Waals surface area contributed by atoms with Gasteiger partial charge in [-0.25, -0.2) is 14.3 Å². The van der Waals surface area contributed by atoms with E-state index in [0.717, 1.165) is 0 Å². The van der Waals surface area contributed by atoms with Crippen LogP contribution >= 0.6 is 0 Å². The predicted octanol–water partition coefficient (Wildman–Crippen LogP) is -0.827. The lowest BCUT2D eigenvalue weighted by Crippen LogP contribution is -2.20. The van der Waals surface area contributed by atoms with Crippen molar-refractivity contribution in [1.29, 1.82) is 0 Å². The molecule has 1 saturated heterocycles. The average molecular weight is 226 g/mol. The number of alkyl carbamates (subject to hydrolysis) is 1. The second-order valence-electron chi connectivity index (χ2n) is 3.23. The summed E-state index contributed by atoms with van der Waals surface area (Å²) in [7, 11) is 1.27. The molecule has 1 amide bonds. The van der Waals surface area contributed by atoms with Gasteiger partial charge in [0.2, 0.25) is 0 Å². The van der Waals surface area contributed by atoms with Crippen molar-refractivity contribution in [3.8, 4) is 0 Å². The number of esters is 1. The molecule has 1 aliphatic rings. The van der Waals surface area contributed by atoms with Crippen molar-refractivity contribution in [1.82, 2.24) is 20.3 Å². The van der Waals surface area contributed by atoms with Gasteiger partial charge in [0.15, 0.2) is 5.69 Å². The Morgan fingerprint density at radius 3 is 3.25 bits per heavy atom. The Morgan fingerprint density at radius 2 is 2.62 bits per heavy atom. The number of aromatic nitrogens is 3. The molecular formula is C8H10N4O4. The van der Waals surface area contributed by atoms with Crippen LogP contribution in [0.5, 0.6) is 0 Å². The van der Waals surface area contributed by atoms with Gasteiger partial charge in [-0.2, -0.15) is 0 Å². The van der Waals surface area contributed by atoms with Gasteiger partial charge in [0.1, 0.15) is 6.10 Å². The van der Waals surface area contributed by atoms with Crippen LogP contribution in [-0.4, -0.2) is 46.8 Å². The monoisotopic (exact) mass is 226 g/mol. The fourth-order valence-corrected chi connectivity index (χ4v) is 1.33. The number of rotatable bonds is 3. The zero-order chi connectivity index (χ0) is 11.5. The van der Waals surface area contributed by atoms with E-state index in [1.807, 2.05) is 0 Å². The van der Waals surface area contributed by atoms with Gasteiger partial charge in [-0.15, -0.1) is 5.10 Å². The minimum Gasteiger partial charge on any atom is -0.464 e. The van der Waals surface area contributed by atoms with Crippen LogP contribution in [0.1, 0.15) is 10.5 Å². The zero-order valence-electron chi connectivity index (χ0n) is 8.54. The van der Waals surface area contributed by atoms with E-state index in [1.54, 1.807) is 0 Å². The molecule has 8 nitrogen and oxygen atoms in total. The number of ether oxygens (including phenoxy) is 2. The smallest absolute Gasteiger partial charge is 0.407 e. The molecule has 86 valence electrons. The summed E-state index contributed by atoms with van der Waals surface area (Å²) in [5.41, 5.74) is 0.125. The summed E-state index contributed by atoms with van der Waals surface area (Å²) in [4.78, 5) is 21.8. The number of carbonyl (C=O) groups is 2. The lowest BCUT2D eigenvalue weighted by molar-refractivity contribution is 0.0593. The molecule has 1 fully saturated rings. The molecule has 0 spiro atoms. The van der Waals surface area contributed by atoms with Crippen molar-refractivity contribution in [3.63, 3.8) is 0 Å². The number of nitrogens with one attached hydrogen (secondary N) is 1. The molecule has 1 aliphatic heterocycles. The molecule has 0 aliphatic carbocycles. The molecule has 1 aromatic heterocycles. The van der Waals surface area contributed by atoms with Crippen molar-refractivity contribution in [2.24, 2.45) is 0 Å². The van der Waals surface area contributed by atoms with Gasteiger partial charge in [0.05, 0.1) is 26.4 Å². The third-order valence-corrected chi connectivity index (χ3v) is 2.07. The summed E-state index contributed by atoms with van der Waals surface area (Å²) in [6, 6.07) is 0. The second kappa shape index (κ2) is 4.17. The lowest BCUT2D eigenvalue weighted by Gasteiger charge is -2.05. The Morgan fingerprint density at radius 1 is 1.81 bits per heavy atom. The fourth-order valence-electron chi connectivity index (χ4n) is 1.33. The molecule has 0 radical (unpaired) electrons. The Kier molecular flexibility index (Phi) is 2.71. The first-order valence-corrected chi connectivity index (χ1v) is 4.62. The quantitative estimate of drug-likeness (QED) is 0.676. The third-order valence-electron chi connectivity index (χ3n) is 2.07. The number of carbonyl (C=O) groups excluding carboxylic acids is 2. The van der Waals surface area contributed by atoms with Gasteiger partial charge in [-0.05, 0) is 0 Å². The molecule has 1 aromatic rings. The van der Waals surface area contributed by atoms with E-state index in [4.69, 9.17) is 4.74 Å². The van der Waals surface area contributed by atoms with Crippen molar-refractivity contribution in [2.45, 2.75) is 12.6 Å². The predicted molar refractivity (Wildman–Crippen MR) is 49.6 cm³/mol. The molecule has 16 heavy (non-hydrogen) atoms. The molecular weight excluding hydrogens is 216 g/mol. The van der Waals surface area contributed by atoms with Gasteiger partial charge < -0.3 is 14.8 Å². The number of cyclic esters (lactones) is 1. The number of nitrogens with zero attached hydrogens (tertiary/aromatic N) is 3. The molecule has 8 heteroatoms. The van der Waals surface area contributed by atoms with E-state index in [1.165, 1.54) is 18.0 Å². The van der Waals surface area contributed by atoms with Crippen molar-refractivity contribution >= 4 is 12.1 Å². The summed E-state index contributed by atoms with van der Waals surface area (Å²) < 4.78 is 10.8.